The van der Waals surface area contributed by atoms with Gasteiger partial charge in [0.15, 0.2) is 5.75 Å². The number of hydrogen-bond donors (Lipinski definition) is 4. The SMILES string of the molecule is C=C1C(=O)O[C@H]2[C@H]1CC/C(COC(=O)NCCOCCOCC(=O)Nc1ccc(OC)c(C(N)=O)c1O)=C\CC[C@@]1(C)O[C@@H]21. The monoisotopic (exact) mass is 617 g/mol. The van der Waals surface area contributed by atoms with E-state index in [2.05, 4.69) is 23.3 Å². The Bertz CT molecular complexity index is 1310. The number of nitrogens with one attached hydrogen (secondary N) is 2. The molecule has 1 aromatic carbocycles. The van der Waals surface area contributed by atoms with Crippen LogP contribution in [0.5, 0.6) is 11.5 Å². The van der Waals surface area contributed by atoms with Gasteiger partial charge in [0.2, 0.25) is 5.91 Å². The lowest BCUT2D eigenvalue weighted by Crippen LogP contribution is -2.30. The van der Waals surface area contributed by atoms with Crippen molar-refractivity contribution in [2.45, 2.75) is 50.4 Å². The van der Waals surface area contributed by atoms with Gasteiger partial charge < -0.3 is 49.9 Å². The van der Waals surface area contributed by atoms with Gasteiger partial charge in [-0.3, -0.25) is 9.59 Å². The zero-order valence-electron chi connectivity index (χ0n) is 24.8. The van der Waals surface area contributed by atoms with Crippen molar-refractivity contribution in [3.63, 3.8) is 0 Å². The standard InChI is InChI=1S/C30H39N3O11/c1-17-19-7-6-18(5-4-10-30(2)26(44-30)25(19)43-28(17)37)15-42-29(38)32-11-12-40-13-14-41-16-22(34)33-20-8-9-21(39-3)23(24(20)35)27(31)36/h5,8-9,19,25-26,35H,1,4,6-7,10-16H2,2-3H3,(H2,31,36)(H,32,38)(H,33,34)/b18-5+/t19-,25-,26-,30+/m0/s1. The number of esters is 1. The summed E-state index contributed by atoms with van der Waals surface area (Å²) in [6, 6.07) is 2.76. The van der Waals surface area contributed by atoms with Gasteiger partial charge in [0.05, 0.1) is 38.2 Å². The molecule has 4 rings (SSSR count). The number of methoxy groups -OCH3 is 1. The summed E-state index contributed by atoms with van der Waals surface area (Å²) in [6.45, 7) is 6.41. The van der Waals surface area contributed by atoms with E-state index in [-0.39, 0.29) is 86.3 Å². The number of carbonyl (C=O) groups excluding carboxylic acids is 4. The minimum atomic E-state index is -0.907. The Balaban J connectivity index is 1.08. The number of amides is 3. The van der Waals surface area contributed by atoms with E-state index in [0.717, 1.165) is 18.4 Å². The first-order valence-electron chi connectivity index (χ1n) is 14.3. The number of rotatable bonds is 13. The maximum atomic E-state index is 12.2. The van der Waals surface area contributed by atoms with Gasteiger partial charge in [-0.25, -0.2) is 9.59 Å². The van der Waals surface area contributed by atoms with Gasteiger partial charge in [-0.1, -0.05) is 12.7 Å². The van der Waals surface area contributed by atoms with E-state index in [9.17, 15) is 24.3 Å². The maximum Gasteiger partial charge on any atom is 0.407 e. The van der Waals surface area contributed by atoms with E-state index < -0.39 is 23.7 Å². The molecule has 2 saturated heterocycles. The van der Waals surface area contributed by atoms with Crippen LogP contribution in [-0.4, -0.2) is 93.5 Å². The minimum absolute atomic E-state index is 0.0148. The Morgan fingerprint density at radius 3 is 2.73 bits per heavy atom. The molecule has 1 aromatic rings. The average Bonchev–Trinajstić information content (AvgIpc) is 3.57. The molecule has 240 valence electrons. The summed E-state index contributed by atoms with van der Waals surface area (Å²) in [5.41, 5.74) is 6.10. The van der Waals surface area contributed by atoms with Crippen LogP contribution in [0.4, 0.5) is 10.5 Å². The number of aromatic hydroxyl groups is 1. The van der Waals surface area contributed by atoms with Crippen LogP contribution in [0, 0.1) is 5.92 Å². The van der Waals surface area contributed by atoms with Crippen molar-refractivity contribution >= 4 is 29.6 Å². The number of nitrogens with two attached hydrogens (primary N) is 1. The lowest BCUT2D eigenvalue weighted by Gasteiger charge is -2.20. The number of alkyl carbamates (subject to hydrolysis) is 1. The third-order valence-corrected chi connectivity index (χ3v) is 7.83. The molecule has 2 aliphatic heterocycles. The van der Waals surface area contributed by atoms with Gasteiger partial charge in [0, 0.05) is 18.0 Å². The molecular weight excluding hydrogens is 578 g/mol. The highest BCUT2D eigenvalue weighted by molar-refractivity contribution is 6.02. The van der Waals surface area contributed by atoms with Crippen molar-refractivity contribution in [1.82, 2.24) is 5.32 Å². The molecule has 2 fully saturated rings. The number of anilines is 1. The zero-order chi connectivity index (χ0) is 31.9. The molecule has 0 bridgehead atoms. The number of carbonyl (C=O) groups is 4. The summed E-state index contributed by atoms with van der Waals surface area (Å²) in [6.07, 6.45) is 3.89. The summed E-state index contributed by atoms with van der Waals surface area (Å²) in [5, 5.41) is 15.3. The summed E-state index contributed by atoms with van der Waals surface area (Å²) >= 11 is 0. The number of fused-ring (bicyclic) bond motifs is 3. The number of primary amides is 1. The summed E-state index contributed by atoms with van der Waals surface area (Å²) in [7, 11) is 1.32. The van der Waals surface area contributed by atoms with Crippen LogP contribution in [0.3, 0.4) is 0 Å². The second kappa shape index (κ2) is 14.6. The normalized spacial score (nSPS) is 25.4. The molecule has 0 aromatic heterocycles. The highest BCUT2D eigenvalue weighted by atomic mass is 16.6. The Hall–Kier alpha value is -4.14. The van der Waals surface area contributed by atoms with Crippen LogP contribution in [0.25, 0.3) is 0 Å². The number of hydrogen-bond acceptors (Lipinski definition) is 11. The Kier molecular flexibility index (Phi) is 10.8. The second-order valence-corrected chi connectivity index (χ2v) is 10.9. The van der Waals surface area contributed by atoms with Crippen LogP contribution in [0.2, 0.25) is 0 Å². The summed E-state index contributed by atoms with van der Waals surface area (Å²) in [4.78, 5) is 48.0. The number of phenols is 1. The van der Waals surface area contributed by atoms with E-state index in [1.807, 2.05) is 6.92 Å². The zero-order valence-corrected chi connectivity index (χ0v) is 24.8. The smallest absolute Gasteiger partial charge is 0.407 e. The Labute approximate surface area is 254 Å². The molecule has 1 aliphatic carbocycles. The molecule has 4 atom stereocenters. The van der Waals surface area contributed by atoms with Crippen LogP contribution < -0.4 is 21.1 Å². The molecule has 0 spiro atoms. The van der Waals surface area contributed by atoms with E-state index in [4.69, 9.17) is 34.2 Å². The predicted octanol–water partition coefficient (Wildman–Crippen LogP) is 1.95. The number of allylic oxidation sites excluding steroid dienone is 1. The van der Waals surface area contributed by atoms with E-state index in [1.54, 1.807) is 0 Å². The molecule has 0 radical (unpaired) electrons. The molecule has 14 nitrogen and oxygen atoms in total. The predicted molar refractivity (Wildman–Crippen MR) is 155 cm³/mol. The molecule has 44 heavy (non-hydrogen) atoms. The van der Waals surface area contributed by atoms with Crippen molar-refractivity contribution in [2.24, 2.45) is 11.7 Å². The van der Waals surface area contributed by atoms with E-state index in [1.165, 1.54) is 19.2 Å². The Morgan fingerprint density at radius 2 is 1.98 bits per heavy atom. The first-order chi connectivity index (χ1) is 21.0. The number of benzene rings is 1. The van der Waals surface area contributed by atoms with Gasteiger partial charge in [-0.15, -0.1) is 0 Å². The Morgan fingerprint density at radius 1 is 1.20 bits per heavy atom. The topological polar surface area (TPSA) is 197 Å². The lowest BCUT2D eigenvalue weighted by molar-refractivity contribution is -0.140. The molecule has 3 aliphatic rings. The van der Waals surface area contributed by atoms with Crippen molar-refractivity contribution in [1.29, 1.82) is 0 Å². The van der Waals surface area contributed by atoms with Crippen molar-refractivity contribution in [3.05, 3.63) is 41.5 Å². The molecular formula is C30H39N3O11. The summed E-state index contributed by atoms with van der Waals surface area (Å²) < 4.78 is 32.5. The van der Waals surface area contributed by atoms with Gasteiger partial charge in [0.1, 0.15) is 36.7 Å². The van der Waals surface area contributed by atoms with Crippen molar-refractivity contribution in [3.8, 4) is 11.5 Å². The first-order valence-corrected chi connectivity index (χ1v) is 14.3. The first kappa shape index (κ1) is 32.8. The van der Waals surface area contributed by atoms with Crippen LogP contribution in [0.15, 0.2) is 35.9 Å². The average molecular weight is 618 g/mol. The maximum absolute atomic E-state index is 12.2. The third-order valence-electron chi connectivity index (χ3n) is 7.83. The second-order valence-electron chi connectivity index (χ2n) is 10.9. The van der Waals surface area contributed by atoms with Gasteiger partial charge in [0.25, 0.3) is 5.91 Å². The molecule has 2 heterocycles. The lowest BCUT2D eigenvalue weighted by atomic mass is 9.84. The van der Waals surface area contributed by atoms with Crippen LogP contribution in [-0.2, 0) is 33.3 Å². The number of epoxide rings is 1. The minimum Gasteiger partial charge on any atom is -0.505 e. The van der Waals surface area contributed by atoms with Crippen LogP contribution in [0.1, 0.15) is 43.0 Å². The summed E-state index contributed by atoms with van der Waals surface area (Å²) in [5.74, 6) is -2.40. The van der Waals surface area contributed by atoms with Crippen molar-refractivity contribution < 1.29 is 52.7 Å². The fourth-order valence-electron chi connectivity index (χ4n) is 5.34. The fourth-order valence-corrected chi connectivity index (χ4v) is 5.34. The quantitative estimate of drug-likeness (QED) is 0.0630. The third kappa shape index (κ3) is 8.07. The molecule has 0 unspecified atom stereocenters. The van der Waals surface area contributed by atoms with Gasteiger partial charge in [-0.05, 0) is 50.3 Å². The van der Waals surface area contributed by atoms with Crippen LogP contribution >= 0.6 is 0 Å². The van der Waals surface area contributed by atoms with Gasteiger partial charge in [-0.2, -0.15) is 0 Å². The molecule has 3 amide bonds. The fraction of sp³-hybridized carbons (Fsp3) is 0.533. The van der Waals surface area contributed by atoms with E-state index in [0.29, 0.717) is 18.4 Å². The highest BCUT2D eigenvalue weighted by Gasteiger charge is 2.61. The van der Waals surface area contributed by atoms with E-state index >= 15 is 0 Å². The molecule has 0 saturated carbocycles. The van der Waals surface area contributed by atoms with Crippen molar-refractivity contribution in [2.75, 3.05) is 52.0 Å². The van der Waals surface area contributed by atoms with Gasteiger partial charge >= 0.3 is 12.1 Å². The number of ether oxygens (including phenoxy) is 6. The highest BCUT2D eigenvalue weighted by Crippen LogP contribution is 2.49. The molecule has 14 heteroatoms. The largest absolute Gasteiger partial charge is 0.505 e. The molecule has 5 N–H and O–H groups in total.